The van der Waals surface area contributed by atoms with Gasteiger partial charge in [-0.15, -0.1) is 10.2 Å². The van der Waals surface area contributed by atoms with Crippen molar-refractivity contribution in [1.82, 2.24) is 25.0 Å². The summed E-state index contributed by atoms with van der Waals surface area (Å²) in [5.74, 6) is 4.83. The molecule has 0 saturated carbocycles. The fourth-order valence-electron chi connectivity index (χ4n) is 4.16. The van der Waals surface area contributed by atoms with Crippen molar-refractivity contribution in [2.45, 2.75) is 58.5 Å². The van der Waals surface area contributed by atoms with E-state index in [-0.39, 0.29) is 0 Å². The summed E-state index contributed by atoms with van der Waals surface area (Å²) in [4.78, 5) is 7.00. The van der Waals surface area contributed by atoms with Crippen molar-refractivity contribution in [1.29, 1.82) is 0 Å². The monoisotopic (exact) mass is 426 g/mol. The summed E-state index contributed by atoms with van der Waals surface area (Å²) in [7, 11) is 2.07. The fraction of sp³-hybridized carbons (Fsp3) is 0.609. The zero-order valence-corrected chi connectivity index (χ0v) is 18.8. The first-order chi connectivity index (χ1) is 15.2. The van der Waals surface area contributed by atoms with E-state index in [1.807, 2.05) is 6.07 Å². The number of aryl methyl sites for hydroxylation is 2. The lowest BCUT2D eigenvalue weighted by atomic mass is 10.2. The molecule has 2 aliphatic heterocycles. The predicted octanol–water partition coefficient (Wildman–Crippen LogP) is 2.81. The summed E-state index contributed by atoms with van der Waals surface area (Å²) >= 11 is 0. The minimum Gasteiger partial charge on any atom is -0.486 e. The number of nitrogens with one attached hydrogen (secondary N) is 1. The van der Waals surface area contributed by atoms with Gasteiger partial charge in [-0.05, 0) is 43.9 Å². The lowest BCUT2D eigenvalue weighted by Gasteiger charge is -2.24. The van der Waals surface area contributed by atoms with Crippen LogP contribution in [-0.4, -0.2) is 59.0 Å². The van der Waals surface area contributed by atoms with Crippen LogP contribution in [0, 0.1) is 0 Å². The highest BCUT2D eigenvalue weighted by Gasteiger charge is 2.15. The van der Waals surface area contributed by atoms with E-state index < -0.39 is 0 Å². The van der Waals surface area contributed by atoms with Gasteiger partial charge in [-0.1, -0.05) is 12.5 Å². The second-order valence-corrected chi connectivity index (χ2v) is 8.17. The first-order valence-corrected chi connectivity index (χ1v) is 11.5. The third-order valence-corrected chi connectivity index (χ3v) is 5.73. The molecule has 0 spiro atoms. The fourth-order valence-corrected chi connectivity index (χ4v) is 4.16. The number of benzene rings is 1. The molecule has 31 heavy (non-hydrogen) atoms. The van der Waals surface area contributed by atoms with Gasteiger partial charge in [0.25, 0.3) is 0 Å². The Morgan fingerprint density at radius 2 is 2.03 bits per heavy atom. The lowest BCUT2D eigenvalue weighted by Crippen LogP contribution is -2.38. The minimum atomic E-state index is 0.603. The summed E-state index contributed by atoms with van der Waals surface area (Å²) in [5.41, 5.74) is 1.17. The van der Waals surface area contributed by atoms with Crippen LogP contribution >= 0.6 is 0 Å². The van der Waals surface area contributed by atoms with Gasteiger partial charge in [0.1, 0.15) is 24.9 Å². The quantitative estimate of drug-likeness (QED) is 0.417. The number of aliphatic imine (C=N–C) groups is 1. The average molecular weight is 427 g/mol. The Kier molecular flexibility index (Phi) is 7.27. The number of guanidine groups is 1. The van der Waals surface area contributed by atoms with Crippen molar-refractivity contribution in [3.63, 3.8) is 0 Å². The first kappa shape index (κ1) is 21.5. The SMILES string of the molecule is CCNC(=NCCCc1nnc2n1CCCCC2)N(C)Cc1ccc2c(c1)OCCO2. The van der Waals surface area contributed by atoms with Crippen molar-refractivity contribution in [2.24, 2.45) is 4.99 Å². The Balaban J connectivity index is 1.33. The van der Waals surface area contributed by atoms with Crippen LogP contribution in [0.1, 0.15) is 49.8 Å². The van der Waals surface area contributed by atoms with Crippen molar-refractivity contribution in [3.8, 4) is 11.5 Å². The molecule has 1 aromatic heterocycles. The molecule has 0 amide bonds. The topological polar surface area (TPSA) is 76.8 Å². The van der Waals surface area contributed by atoms with Crippen LogP contribution in [0.25, 0.3) is 0 Å². The third kappa shape index (κ3) is 5.48. The highest BCUT2D eigenvalue weighted by molar-refractivity contribution is 5.79. The van der Waals surface area contributed by atoms with Crippen LogP contribution in [-0.2, 0) is 25.9 Å². The molecule has 3 heterocycles. The van der Waals surface area contributed by atoms with Gasteiger partial charge in [-0.2, -0.15) is 0 Å². The summed E-state index contributed by atoms with van der Waals surface area (Å²) in [5, 5.41) is 12.2. The maximum Gasteiger partial charge on any atom is 0.193 e. The average Bonchev–Trinajstić information content (AvgIpc) is 3.01. The van der Waals surface area contributed by atoms with E-state index in [9.17, 15) is 0 Å². The summed E-state index contributed by atoms with van der Waals surface area (Å²) in [6.07, 6.45) is 6.68. The zero-order chi connectivity index (χ0) is 21.5. The van der Waals surface area contributed by atoms with Gasteiger partial charge >= 0.3 is 0 Å². The van der Waals surface area contributed by atoms with E-state index in [4.69, 9.17) is 14.5 Å². The summed E-state index contributed by atoms with van der Waals surface area (Å²) in [6, 6.07) is 6.14. The minimum absolute atomic E-state index is 0.603. The highest BCUT2D eigenvalue weighted by Crippen LogP contribution is 2.31. The molecule has 1 aromatic carbocycles. The normalized spacial score (nSPS) is 15.9. The molecule has 168 valence electrons. The van der Waals surface area contributed by atoms with Gasteiger partial charge in [0, 0.05) is 46.1 Å². The van der Waals surface area contributed by atoms with Crippen LogP contribution in [0.5, 0.6) is 11.5 Å². The van der Waals surface area contributed by atoms with Crippen LogP contribution in [0.3, 0.4) is 0 Å². The maximum absolute atomic E-state index is 5.71. The standard InChI is InChI=1S/C23H34N6O2/c1-3-24-23(28(2)17-18-10-11-19-20(16-18)31-15-14-30-19)25-12-7-9-22-27-26-21-8-5-4-6-13-29(21)22/h10-11,16H,3-9,12-15,17H2,1-2H3,(H,24,25). The van der Waals surface area contributed by atoms with Crippen LogP contribution in [0.4, 0.5) is 0 Å². The summed E-state index contributed by atoms with van der Waals surface area (Å²) in [6.45, 7) is 6.71. The molecule has 4 rings (SSSR count). The Labute approximate surface area is 184 Å². The maximum atomic E-state index is 5.71. The molecular formula is C23H34N6O2. The van der Waals surface area contributed by atoms with E-state index in [0.29, 0.717) is 13.2 Å². The van der Waals surface area contributed by atoms with Gasteiger partial charge in [0.05, 0.1) is 0 Å². The number of aromatic nitrogens is 3. The van der Waals surface area contributed by atoms with E-state index in [0.717, 1.165) is 74.5 Å². The molecule has 0 unspecified atom stereocenters. The third-order valence-electron chi connectivity index (χ3n) is 5.73. The van der Waals surface area contributed by atoms with E-state index in [1.54, 1.807) is 0 Å². The molecule has 2 aromatic rings. The number of hydrogen-bond donors (Lipinski definition) is 1. The second-order valence-electron chi connectivity index (χ2n) is 8.17. The molecule has 0 fully saturated rings. The van der Waals surface area contributed by atoms with Gasteiger partial charge in [0.2, 0.25) is 0 Å². The Morgan fingerprint density at radius 1 is 1.16 bits per heavy atom. The molecule has 1 N–H and O–H groups in total. The predicted molar refractivity (Wildman–Crippen MR) is 121 cm³/mol. The number of rotatable bonds is 7. The summed E-state index contributed by atoms with van der Waals surface area (Å²) < 4.78 is 13.7. The number of hydrogen-bond acceptors (Lipinski definition) is 5. The molecule has 2 aliphatic rings. The Hall–Kier alpha value is -2.77. The molecule has 0 radical (unpaired) electrons. The molecule has 8 nitrogen and oxygen atoms in total. The van der Waals surface area contributed by atoms with Crippen molar-refractivity contribution < 1.29 is 9.47 Å². The van der Waals surface area contributed by atoms with Gasteiger partial charge in [-0.3, -0.25) is 4.99 Å². The van der Waals surface area contributed by atoms with Gasteiger partial charge < -0.3 is 24.3 Å². The van der Waals surface area contributed by atoms with Crippen LogP contribution in [0.15, 0.2) is 23.2 Å². The van der Waals surface area contributed by atoms with Crippen molar-refractivity contribution in [3.05, 3.63) is 35.4 Å². The zero-order valence-electron chi connectivity index (χ0n) is 18.8. The number of nitrogens with zero attached hydrogens (tertiary/aromatic N) is 5. The Morgan fingerprint density at radius 3 is 2.90 bits per heavy atom. The number of ether oxygens (including phenoxy) is 2. The van der Waals surface area contributed by atoms with Gasteiger partial charge in [0.15, 0.2) is 17.5 Å². The van der Waals surface area contributed by atoms with Crippen LogP contribution in [0.2, 0.25) is 0 Å². The Bertz CT molecular complexity index is 894. The molecule has 0 aliphatic carbocycles. The molecule has 0 atom stereocenters. The number of fused-ring (bicyclic) bond motifs is 2. The molecular weight excluding hydrogens is 392 g/mol. The molecule has 8 heteroatoms. The first-order valence-electron chi connectivity index (χ1n) is 11.5. The smallest absolute Gasteiger partial charge is 0.193 e. The lowest BCUT2D eigenvalue weighted by molar-refractivity contribution is 0.171. The second kappa shape index (κ2) is 10.5. The van der Waals surface area contributed by atoms with E-state index >= 15 is 0 Å². The highest BCUT2D eigenvalue weighted by atomic mass is 16.6. The van der Waals surface area contributed by atoms with Crippen molar-refractivity contribution >= 4 is 5.96 Å². The molecule has 0 saturated heterocycles. The van der Waals surface area contributed by atoms with Gasteiger partial charge in [-0.25, -0.2) is 0 Å². The van der Waals surface area contributed by atoms with E-state index in [1.165, 1.54) is 24.8 Å². The van der Waals surface area contributed by atoms with Crippen LogP contribution < -0.4 is 14.8 Å². The van der Waals surface area contributed by atoms with E-state index in [2.05, 4.69) is 51.1 Å². The largest absolute Gasteiger partial charge is 0.486 e. The van der Waals surface area contributed by atoms with Crippen molar-refractivity contribution in [2.75, 3.05) is 33.4 Å². The molecule has 0 bridgehead atoms.